The summed E-state index contributed by atoms with van der Waals surface area (Å²) in [6.45, 7) is 9.23. The highest BCUT2D eigenvalue weighted by Gasteiger charge is 2.31. The van der Waals surface area contributed by atoms with E-state index in [9.17, 15) is 0 Å². The van der Waals surface area contributed by atoms with Crippen LogP contribution in [-0.2, 0) is 12.8 Å². The van der Waals surface area contributed by atoms with E-state index in [0.29, 0.717) is 11.2 Å². The number of thioether (sulfide) groups is 1. The van der Waals surface area contributed by atoms with E-state index in [2.05, 4.69) is 27.7 Å². The predicted molar refractivity (Wildman–Crippen MR) is 97.8 cm³/mol. The van der Waals surface area contributed by atoms with Crippen molar-refractivity contribution in [3.05, 3.63) is 10.4 Å². The number of aromatic nitrogens is 2. The first kappa shape index (κ1) is 16.1. The fraction of sp³-hybridized carbons (Fsp3) is 0.647. The van der Waals surface area contributed by atoms with E-state index in [4.69, 9.17) is 15.7 Å². The molecule has 0 fully saturated rings. The molecular weight excluding hydrogens is 310 g/mol. The molecule has 2 aromatic rings. The molecule has 2 aromatic heterocycles. The van der Waals surface area contributed by atoms with Gasteiger partial charge in [0.15, 0.2) is 5.82 Å². The van der Waals surface area contributed by atoms with Crippen molar-refractivity contribution in [1.29, 1.82) is 0 Å². The normalized spacial score (nSPS) is 18.6. The molecule has 0 saturated carbocycles. The Hall–Kier alpha value is -0.810. The SMILES string of the molecule is CCCSc1nc2sc3c(c2nc1N)CCC(C(C)(C)C)C3. The van der Waals surface area contributed by atoms with Crippen LogP contribution in [0.2, 0.25) is 0 Å². The number of anilines is 1. The van der Waals surface area contributed by atoms with Crippen LogP contribution in [0, 0.1) is 11.3 Å². The molecule has 0 amide bonds. The van der Waals surface area contributed by atoms with E-state index >= 15 is 0 Å². The van der Waals surface area contributed by atoms with E-state index in [0.717, 1.165) is 39.9 Å². The maximum Gasteiger partial charge on any atom is 0.156 e. The van der Waals surface area contributed by atoms with Gasteiger partial charge in [0.1, 0.15) is 15.4 Å². The van der Waals surface area contributed by atoms with Crippen LogP contribution in [0.25, 0.3) is 10.3 Å². The molecule has 2 N–H and O–H groups in total. The summed E-state index contributed by atoms with van der Waals surface area (Å²) in [5.74, 6) is 2.39. The number of thiophene rings is 1. The largest absolute Gasteiger partial charge is 0.381 e. The van der Waals surface area contributed by atoms with Crippen LogP contribution in [-0.4, -0.2) is 15.7 Å². The van der Waals surface area contributed by atoms with E-state index < -0.39 is 0 Å². The first-order valence-corrected chi connectivity index (χ1v) is 9.91. The quantitative estimate of drug-likeness (QED) is 0.808. The third kappa shape index (κ3) is 2.98. The van der Waals surface area contributed by atoms with Crippen molar-refractivity contribution >= 4 is 39.3 Å². The Morgan fingerprint density at radius 1 is 1.32 bits per heavy atom. The number of hydrogen-bond acceptors (Lipinski definition) is 5. The number of nitrogen functional groups attached to an aromatic ring is 1. The van der Waals surface area contributed by atoms with Crippen molar-refractivity contribution < 1.29 is 0 Å². The lowest BCUT2D eigenvalue weighted by molar-refractivity contribution is 0.218. The molecule has 1 atom stereocenters. The number of fused-ring (bicyclic) bond motifs is 3. The van der Waals surface area contributed by atoms with E-state index in [1.165, 1.54) is 23.3 Å². The summed E-state index contributed by atoms with van der Waals surface area (Å²) < 4.78 is 0. The van der Waals surface area contributed by atoms with Gasteiger partial charge in [0, 0.05) is 4.88 Å². The number of rotatable bonds is 3. The summed E-state index contributed by atoms with van der Waals surface area (Å²) in [5.41, 5.74) is 8.97. The summed E-state index contributed by atoms with van der Waals surface area (Å²) in [4.78, 5) is 12.1. The molecule has 3 rings (SSSR count). The van der Waals surface area contributed by atoms with E-state index in [-0.39, 0.29) is 0 Å². The lowest BCUT2D eigenvalue weighted by Gasteiger charge is -2.33. The first-order valence-electron chi connectivity index (χ1n) is 8.10. The Labute approximate surface area is 141 Å². The van der Waals surface area contributed by atoms with Gasteiger partial charge in [0.2, 0.25) is 0 Å². The molecule has 1 unspecified atom stereocenters. The minimum Gasteiger partial charge on any atom is -0.381 e. The van der Waals surface area contributed by atoms with Gasteiger partial charge in [-0.15, -0.1) is 23.1 Å². The van der Waals surface area contributed by atoms with Crippen molar-refractivity contribution in [3.63, 3.8) is 0 Å². The molecule has 0 aromatic carbocycles. The Morgan fingerprint density at radius 3 is 2.77 bits per heavy atom. The summed E-state index contributed by atoms with van der Waals surface area (Å²) in [5, 5.41) is 0.903. The highest BCUT2D eigenvalue weighted by Crippen LogP contribution is 2.43. The zero-order valence-electron chi connectivity index (χ0n) is 13.9. The maximum atomic E-state index is 6.13. The maximum absolute atomic E-state index is 6.13. The summed E-state index contributed by atoms with van der Waals surface area (Å²) in [6, 6.07) is 0. The molecule has 120 valence electrons. The van der Waals surface area contributed by atoms with E-state index in [1.54, 1.807) is 11.8 Å². The van der Waals surface area contributed by atoms with Gasteiger partial charge in [-0.25, -0.2) is 9.97 Å². The third-order valence-corrected chi connectivity index (χ3v) is 6.87. The molecule has 0 spiro atoms. The van der Waals surface area contributed by atoms with Crippen LogP contribution < -0.4 is 5.73 Å². The van der Waals surface area contributed by atoms with Crippen LogP contribution in [0.1, 0.15) is 51.0 Å². The van der Waals surface area contributed by atoms with Crippen molar-refractivity contribution in [2.75, 3.05) is 11.5 Å². The van der Waals surface area contributed by atoms with Crippen molar-refractivity contribution in [1.82, 2.24) is 9.97 Å². The molecule has 1 aliphatic carbocycles. The molecule has 0 aliphatic heterocycles. The Bertz CT molecular complexity index is 685. The Morgan fingerprint density at radius 2 is 2.09 bits per heavy atom. The van der Waals surface area contributed by atoms with Gasteiger partial charge in [0.05, 0.1) is 0 Å². The van der Waals surface area contributed by atoms with Gasteiger partial charge in [0.25, 0.3) is 0 Å². The predicted octanol–water partition coefficient (Wildman–Crippen LogP) is 4.93. The fourth-order valence-corrected chi connectivity index (χ4v) is 5.15. The average molecular weight is 336 g/mol. The van der Waals surface area contributed by atoms with Gasteiger partial charge >= 0.3 is 0 Å². The molecular formula is C17H25N3S2. The lowest BCUT2D eigenvalue weighted by atomic mass is 9.72. The topological polar surface area (TPSA) is 51.8 Å². The highest BCUT2D eigenvalue weighted by molar-refractivity contribution is 7.99. The third-order valence-electron chi connectivity index (χ3n) is 4.54. The summed E-state index contributed by atoms with van der Waals surface area (Å²) in [6.07, 6.45) is 4.65. The summed E-state index contributed by atoms with van der Waals surface area (Å²) in [7, 11) is 0. The molecule has 2 heterocycles. The second-order valence-electron chi connectivity index (χ2n) is 7.23. The molecule has 0 radical (unpaired) electrons. The molecule has 3 nitrogen and oxygen atoms in total. The van der Waals surface area contributed by atoms with Gasteiger partial charge in [-0.05, 0) is 48.3 Å². The molecule has 22 heavy (non-hydrogen) atoms. The van der Waals surface area contributed by atoms with Gasteiger partial charge < -0.3 is 5.73 Å². The van der Waals surface area contributed by atoms with Crippen LogP contribution >= 0.6 is 23.1 Å². The number of hydrogen-bond donors (Lipinski definition) is 1. The Kier molecular flexibility index (Phi) is 4.38. The van der Waals surface area contributed by atoms with Crippen LogP contribution in [0.3, 0.4) is 0 Å². The second kappa shape index (κ2) is 6.00. The molecule has 1 aliphatic rings. The zero-order valence-corrected chi connectivity index (χ0v) is 15.5. The van der Waals surface area contributed by atoms with Crippen molar-refractivity contribution in [3.8, 4) is 0 Å². The average Bonchev–Trinajstić information content (AvgIpc) is 2.80. The van der Waals surface area contributed by atoms with Gasteiger partial charge in [-0.2, -0.15) is 0 Å². The molecule has 0 bridgehead atoms. The fourth-order valence-electron chi connectivity index (χ4n) is 3.11. The van der Waals surface area contributed by atoms with Crippen LogP contribution in [0.4, 0.5) is 5.82 Å². The molecule has 5 heteroatoms. The second-order valence-corrected chi connectivity index (χ2v) is 9.39. The number of nitrogens with two attached hydrogens (primary N) is 1. The standard InChI is InChI=1S/C17H25N3S2/c1-5-8-21-16-14(18)19-13-11-7-6-10(17(2,3)4)9-12(11)22-15(13)20-16/h10H,5-9H2,1-4H3,(H2,18,19). The monoisotopic (exact) mass is 335 g/mol. The molecule has 0 saturated heterocycles. The Balaban J connectivity index is 1.97. The summed E-state index contributed by atoms with van der Waals surface area (Å²) >= 11 is 3.55. The van der Waals surface area contributed by atoms with E-state index in [1.807, 2.05) is 11.3 Å². The lowest BCUT2D eigenvalue weighted by Crippen LogP contribution is -2.26. The minimum absolute atomic E-state index is 0.371. The number of aryl methyl sites for hydroxylation is 1. The highest BCUT2D eigenvalue weighted by atomic mass is 32.2. The van der Waals surface area contributed by atoms with Crippen LogP contribution in [0.5, 0.6) is 0 Å². The zero-order chi connectivity index (χ0) is 15.9. The number of nitrogens with zero attached hydrogens (tertiary/aromatic N) is 2. The van der Waals surface area contributed by atoms with Crippen LogP contribution in [0.15, 0.2) is 5.03 Å². The minimum atomic E-state index is 0.371. The van der Waals surface area contributed by atoms with Crippen molar-refractivity contribution in [2.24, 2.45) is 11.3 Å². The van der Waals surface area contributed by atoms with Gasteiger partial charge in [-0.3, -0.25) is 0 Å². The first-order chi connectivity index (χ1) is 10.4. The van der Waals surface area contributed by atoms with Gasteiger partial charge in [-0.1, -0.05) is 27.7 Å². The van der Waals surface area contributed by atoms with Crippen molar-refractivity contribution in [2.45, 2.75) is 58.4 Å². The smallest absolute Gasteiger partial charge is 0.156 e.